The average molecular weight is 202 g/mol. The first-order valence-electron chi connectivity index (χ1n) is 5.12. The third kappa shape index (κ3) is 8.67. The molecule has 13 heavy (non-hydrogen) atoms. The molecular formula is C12H26S. The maximum atomic E-state index is 2.36. The van der Waals surface area contributed by atoms with Crippen LogP contribution in [-0.2, 0) is 0 Å². The first-order chi connectivity index (χ1) is 5.41. The molecule has 0 atom stereocenters. The molecule has 0 aromatic rings. The van der Waals surface area contributed by atoms with Gasteiger partial charge in [-0.15, -0.1) is 11.8 Å². The van der Waals surface area contributed by atoms with Gasteiger partial charge in [0.25, 0.3) is 0 Å². The Labute approximate surface area is 88.9 Å². The Hall–Kier alpha value is 0.350. The Balaban J connectivity index is 4.25. The number of hydrogen-bond donors (Lipinski definition) is 0. The maximum absolute atomic E-state index is 2.36. The predicted molar refractivity (Wildman–Crippen MR) is 65.5 cm³/mol. The van der Waals surface area contributed by atoms with E-state index in [1.54, 1.807) is 0 Å². The second-order valence-electron chi connectivity index (χ2n) is 6.71. The van der Waals surface area contributed by atoms with Gasteiger partial charge in [0.1, 0.15) is 0 Å². The van der Waals surface area contributed by atoms with Gasteiger partial charge in [0, 0.05) is 9.49 Å². The fraction of sp³-hybridized carbons (Fsp3) is 1.00. The quantitative estimate of drug-likeness (QED) is 0.623. The molecule has 0 nitrogen and oxygen atoms in total. The fourth-order valence-electron chi connectivity index (χ4n) is 2.14. The summed E-state index contributed by atoms with van der Waals surface area (Å²) in [6.07, 6.45) is 1.27. The van der Waals surface area contributed by atoms with Crippen LogP contribution < -0.4 is 0 Å². The fourth-order valence-corrected chi connectivity index (χ4v) is 4.31. The monoisotopic (exact) mass is 202 g/mol. The normalized spacial score (nSPS) is 14.8. The zero-order valence-electron chi connectivity index (χ0n) is 10.6. The summed E-state index contributed by atoms with van der Waals surface area (Å²) in [4.78, 5) is 0. The molecule has 0 amide bonds. The van der Waals surface area contributed by atoms with Gasteiger partial charge >= 0.3 is 0 Å². The summed E-state index contributed by atoms with van der Waals surface area (Å²) >= 11 is 2.09. The largest absolute Gasteiger partial charge is 0.150 e. The summed E-state index contributed by atoms with van der Waals surface area (Å²) in [5.74, 6) is 0. The zero-order valence-corrected chi connectivity index (χ0v) is 11.4. The van der Waals surface area contributed by atoms with E-state index in [-0.39, 0.29) is 0 Å². The lowest BCUT2D eigenvalue weighted by Gasteiger charge is -2.36. The van der Waals surface area contributed by atoms with Crippen molar-refractivity contribution in [3.63, 3.8) is 0 Å². The average Bonchev–Trinajstić information content (AvgIpc) is 1.43. The summed E-state index contributed by atoms with van der Waals surface area (Å²) in [7, 11) is 0. The molecule has 80 valence electrons. The molecule has 0 aliphatic rings. The summed E-state index contributed by atoms with van der Waals surface area (Å²) in [5, 5.41) is 0. The van der Waals surface area contributed by atoms with Crippen LogP contribution in [0.25, 0.3) is 0 Å². The Morgan fingerprint density at radius 1 is 0.769 bits per heavy atom. The molecule has 0 aromatic carbocycles. The molecule has 0 saturated heterocycles. The molecule has 0 rings (SSSR count). The molecule has 0 aliphatic carbocycles. The van der Waals surface area contributed by atoms with Gasteiger partial charge in [-0.1, -0.05) is 55.4 Å². The van der Waals surface area contributed by atoms with Crippen molar-refractivity contribution in [2.24, 2.45) is 5.41 Å². The molecule has 0 saturated carbocycles. The van der Waals surface area contributed by atoms with Gasteiger partial charge in [0.05, 0.1) is 0 Å². The molecule has 0 N–H and O–H groups in total. The topological polar surface area (TPSA) is 0 Å². The Bertz CT molecular complexity index is 137. The smallest absolute Gasteiger partial charge is 0.0113 e. The molecule has 0 aliphatic heterocycles. The standard InChI is InChI=1S/C12H26S/c1-10(2,3)9-12(7,8)13-11(4,5)6/h9H2,1-8H3. The van der Waals surface area contributed by atoms with Crippen LogP contribution in [0.15, 0.2) is 0 Å². The van der Waals surface area contributed by atoms with Crippen LogP contribution in [-0.4, -0.2) is 9.49 Å². The minimum Gasteiger partial charge on any atom is -0.150 e. The number of hydrogen-bond acceptors (Lipinski definition) is 1. The van der Waals surface area contributed by atoms with E-state index in [2.05, 4.69) is 67.2 Å². The van der Waals surface area contributed by atoms with E-state index < -0.39 is 0 Å². The zero-order chi connectivity index (χ0) is 10.9. The van der Waals surface area contributed by atoms with E-state index in [1.807, 2.05) is 0 Å². The van der Waals surface area contributed by atoms with Gasteiger partial charge in [-0.3, -0.25) is 0 Å². The van der Waals surface area contributed by atoms with Gasteiger partial charge in [0.2, 0.25) is 0 Å². The van der Waals surface area contributed by atoms with E-state index in [1.165, 1.54) is 6.42 Å². The molecule has 0 fully saturated rings. The van der Waals surface area contributed by atoms with Gasteiger partial charge in [0.15, 0.2) is 0 Å². The third-order valence-electron chi connectivity index (χ3n) is 1.54. The first-order valence-corrected chi connectivity index (χ1v) is 5.93. The molecule has 0 aromatic heterocycles. The third-order valence-corrected chi connectivity index (χ3v) is 2.85. The van der Waals surface area contributed by atoms with Gasteiger partial charge in [-0.2, -0.15) is 0 Å². The highest BCUT2D eigenvalue weighted by Crippen LogP contribution is 2.42. The van der Waals surface area contributed by atoms with Crippen LogP contribution in [0.4, 0.5) is 0 Å². The van der Waals surface area contributed by atoms with Crippen molar-refractivity contribution in [2.45, 2.75) is 71.3 Å². The van der Waals surface area contributed by atoms with Crippen molar-refractivity contribution in [1.82, 2.24) is 0 Å². The van der Waals surface area contributed by atoms with Crippen LogP contribution in [0, 0.1) is 5.41 Å². The van der Waals surface area contributed by atoms with Crippen LogP contribution in [0.1, 0.15) is 61.8 Å². The summed E-state index contributed by atoms with van der Waals surface area (Å²) in [6, 6.07) is 0. The van der Waals surface area contributed by atoms with Gasteiger partial charge < -0.3 is 0 Å². The molecular weight excluding hydrogens is 176 g/mol. The van der Waals surface area contributed by atoms with Crippen molar-refractivity contribution in [2.75, 3.05) is 0 Å². The second-order valence-corrected chi connectivity index (χ2v) is 9.25. The van der Waals surface area contributed by atoms with Crippen LogP contribution in [0.5, 0.6) is 0 Å². The second kappa shape index (κ2) is 3.84. The summed E-state index contributed by atoms with van der Waals surface area (Å²) in [6.45, 7) is 18.5. The molecule has 0 spiro atoms. The van der Waals surface area contributed by atoms with Crippen molar-refractivity contribution in [1.29, 1.82) is 0 Å². The highest BCUT2D eigenvalue weighted by atomic mass is 32.2. The molecule has 0 heterocycles. The first kappa shape index (κ1) is 13.4. The SMILES string of the molecule is CC(C)(C)CC(C)(C)SC(C)(C)C. The summed E-state index contributed by atoms with van der Waals surface area (Å²) in [5.41, 5.74) is 0.432. The minimum absolute atomic E-state index is 0.370. The van der Waals surface area contributed by atoms with E-state index in [0.29, 0.717) is 14.9 Å². The Morgan fingerprint density at radius 3 is 1.38 bits per heavy atom. The van der Waals surface area contributed by atoms with Crippen LogP contribution in [0.3, 0.4) is 0 Å². The van der Waals surface area contributed by atoms with E-state index in [4.69, 9.17) is 0 Å². The van der Waals surface area contributed by atoms with Crippen LogP contribution >= 0.6 is 11.8 Å². The number of rotatable bonds is 2. The molecule has 0 radical (unpaired) electrons. The number of thioether (sulfide) groups is 1. The highest BCUT2D eigenvalue weighted by Gasteiger charge is 2.30. The van der Waals surface area contributed by atoms with E-state index in [9.17, 15) is 0 Å². The molecule has 0 bridgehead atoms. The lowest BCUT2D eigenvalue weighted by atomic mass is 9.86. The van der Waals surface area contributed by atoms with Crippen molar-refractivity contribution in [3.05, 3.63) is 0 Å². The summed E-state index contributed by atoms with van der Waals surface area (Å²) < 4.78 is 0.755. The van der Waals surface area contributed by atoms with E-state index >= 15 is 0 Å². The minimum atomic E-state index is 0.370. The Kier molecular flexibility index (Phi) is 3.95. The lowest BCUT2D eigenvalue weighted by molar-refractivity contribution is 0.338. The van der Waals surface area contributed by atoms with E-state index in [0.717, 1.165) is 0 Å². The maximum Gasteiger partial charge on any atom is 0.0113 e. The molecule has 0 unspecified atom stereocenters. The van der Waals surface area contributed by atoms with Crippen LogP contribution in [0.2, 0.25) is 0 Å². The Morgan fingerprint density at radius 2 is 1.15 bits per heavy atom. The van der Waals surface area contributed by atoms with Gasteiger partial charge in [-0.05, 0) is 11.8 Å². The highest BCUT2D eigenvalue weighted by molar-refractivity contribution is 8.01. The van der Waals surface area contributed by atoms with Crippen molar-refractivity contribution < 1.29 is 0 Å². The predicted octanol–water partition coefficient (Wildman–Crippen LogP) is 4.73. The lowest BCUT2D eigenvalue weighted by Crippen LogP contribution is -2.28. The van der Waals surface area contributed by atoms with Gasteiger partial charge in [-0.25, -0.2) is 0 Å². The van der Waals surface area contributed by atoms with Crippen molar-refractivity contribution in [3.8, 4) is 0 Å². The van der Waals surface area contributed by atoms with Crippen molar-refractivity contribution >= 4 is 11.8 Å². The molecule has 1 heteroatoms.